The van der Waals surface area contributed by atoms with Crippen molar-refractivity contribution in [3.05, 3.63) is 90.0 Å². The molecule has 25 heavy (non-hydrogen) atoms. The van der Waals surface area contributed by atoms with Gasteiger partial charge in [0.05, 0.1) is 0 Å². The standard InChI is InChI=1S/C20H14O5/c21-18-16(19(22)24-14-8-3-1-4-9-14)12-7-13-17(18)20(23)25-15-10-5-2-6-11-15/h1-13,21H. The minimum Gasteiger partial charge on any atom is -0.506 e. The third-order valence-electron chi connectivity index (χ3n) is 3.38. The Morgan fingerprint density at radius 3 is 1.40 bits per heavy atom. The van der Waals surface area contributed by atoms with Crippen molar-refractivity contribution in [3.8, 4) is 17.2 Å². The molecular weight excluding hydrogens is 320 g/mol. The van der Waals surface area contributed by atoms with E-state index in [0.717, 1.165) is 0 Å². The molecule has 0 atom stereocenters. The summed E-state index contributed by atoms with van der Waals surface area (Å²) in [4.78, 5) is 24.5. The first-order valence-corrected chi connectivity index (χ1v) is 7.51. The molecule has 0 amide bonds. The largest absolute Gasteiger partial charge is 0.506 e. The Morgan fingerprint density at radius 2 is 1.00 bits per heavy atom. The Kier molecular flexibility index (Phi) is 4.76. The van der Waals surface area contributed by atoms with Gasteiger partial charge >= 0.3 is 11.9 Å². The number of carbonyl (C=O) groups excluding carboxylic acids is 2. The molecular formula is C20H14O5. The van der Waals surface area contributed by atoms with E-state index in [9.17, 15) is 14.7 Å². The van der Waals surface area contributed by atoms with Crippen molar-refractivity contribution >= 4 is 11.9 Å². The van der Waals surface area contributed by atoms with Crippen LogP contribution in [0.25, 0.3) is 0 Å². The Labute approximate surface area is 144 Å². The number of phenols is 1. The number of carbonyl (C=O) groups is 2. The lowest BCUT2D eigenvalue weighted by molar-refractivity contribution is 0.0729. The van der Waals surface area contributed by atoms with Gasteiger partial charge in [-0.25, -0.2) is 9.59 Å². The molecule has 0 aliphatic rings. The molecule has 0 saturated heterocycles. The molecule has 3 rings (SSSR count). The van der Waals surface area contributed by atoms with Gasteiger partial charge in [0.15, 0.2) is 0 Å². The van der Waals surface area contributed by atoms with Crippen LogP contribution in [0.2, 0.25) is 0 Å². The molecule has 0 unspecified atom stereocenters. The van der Waals surface area contributed by atoms with Crippen LogP contribution >= 0.6 is 0 Å². The molecule has 5 nitrogen and oxygen atoms in total. The Hall–Kier alpha value is -3.60. The van der Waals surface area contributed by atoms with Gasteiger partial charge in [0.2, 0.25) is 0 Å². The van der Waals surface area contributed by atoms with Crippen LogP contribution in [0.5, 0.6) is 17.2 Å². The van der Waals surface area contributed by atoms with E-state index in [0.29, 0.717) is 11.5 Å². The van der Waals surface area contributed by atoms with Gasteiger partial charge in [-0.15, -0.1) is 0 Å². The molecule has 3 aromatic carbocycles. The predicted molar refractivity (Wildman–Crippen MR) is 90.9 cm³/mol. The van der Waals surface area contributed by atoms with Crippen LogP contribution in [0.1, 0.15) is 20.7 Å². The molecule has 0 saturated carbocycles. The van der Waals surface area contributed by atoms with Crippen molar-refractivity contribution < 1.29 is 24.2 Å². The number of rotatable bonds is 4. The summed E-state index contributed by atoms with van der Waals surface area (Å²) >= 11 is 0. The van der Waals surface area contributed by atoms with Gasteiger partial charge < -0.3 is 14.6 Å². The van der Waals surface area contributed by atoms with Crippen LogP contribution in [0.3, 0.4) is 0 Å². The van der Waals surface area contributed by atoms with Gasteiger partial charge in [-0.05, 0) is 36.4 Å². The fraction of sp³-hybridized carbons (Fsp3) is 0. The lowest BCUT2D eigenvalue weighted by Gasteiger charge is -2.09. The van der Waals surface area contributed by atoms with E-state index >= 15 is 0 Å². The number of aromatic hydroxyl groups is 1. The topological polar surface area (TPSA) is 72.8 Å². The van der Waals surface area contributed by atoms with Gasteiger partial charge in [-0.1, -0.05) is 42.5 Å². The van der Waals surface area contributed by atoms with Gasteiger partial charge in [0.25, 0.3) is 0 Å². The number of hydrogen-bond acceptors (Lipinski definition) is 5. The molecule has 0 heterocycles. The van der Waals surface area contributed by atoms with Gasteiger partial charge in [0.1, 0.15) is 28.4 Å². The predicted octanol–water partition coefficient (Wildman–Crippen LogP) is 3.83. The van der Waals surface area contributed by atoms with E-state index in [1.807, 2.05) is 0 Å². The lowest BCUT2D eigenvalue weighted by atomic mass is 10.1. The van der Waals surface area contributed by atoms with Crippen molar-refractivity contribution in [3.63, 3.8) is 0 Å². The quantitative estimate of drug-likeness (QED) is 0.580. The SMILES string of the molecule is O=C(Oc1ccccc1)c1cccc(C(=O)Oc2ccccc2)c1O. The van der Waals surface area contributed by atoms with Crippen LogP contribution in [0.4, 0.5) is 0 Å². The monoisotopic (exact) mass is 334 g/mol. The van der Waals surface area contributed by atoms with E-state index < -0.39 is 17.7 Å². The van der Waals surface area contributed by atoms with Gasteiger partial charge in [-0.3, -0.25) is 0 Å². The summed E-state index contributed by atoms with van der Waals surface area (Å²) in [6, 6.07) is 21.1. The van der Waals surface area contributed by atoms with Crippen molar-refractivity contribution in [1.29, 1.82) is 0 Å². The number of para-hydroxylation sites is 3. The average Bonchev–Trinajstić information content (AvgIpc) is 2.63. The second kappa shape index (κ2) is 7.31. The summed E-state index contributed by atoms with van der Waals surface area (Å²) in [6.07, 6.45) is 0. The maximum atomic E-state index is 12.2. The van der Waals surface area contributed by atoms with E-state index in [1.54, 1.807) is 60.7 Å². The molecule has 0 aliphatic carbocycles. The maximum Gasteiger partial charge on any atom is 0.347 e. The molecule has 0 spiro atoms. The number of ether oxygens (including phenoxy) is 2. The van der Waals surface area contributed by atoms with Crippen LogP contribution in [-0.4, -0.2) is 17.0 Å². The summed E-state index contributed by atoms with van der Waals surface area (Å²) in [5.41, 5.74) is -0.238. The highest BCUT2D eigenvalue weighted by Crippen LogP contribution is 2.25. The highest BCUT2D eigenvalue weighted by Gasteiger charge is 2.21. The van der Waals surface area contributed by atoms with Crippen LogP contribution in [0, 0.1) is 0 Å². The number of esters is 2. The molecule has 3 aromatic rings. The second-order valence-electron chi connectivity index (χ2n) is 5.11. The molecule has 5 heteroatoms. The zero-order chi connectivity index (χ0) is 17.6. The van der Waals surface area contributed by atoms with Crippen molar-refractivity contribution in [1.82, 2.24) is 0 Å². The first kappa shape index (κ1) is 16.3. The molecule has 1 N–H and O–H groups in total. The molecule has 124 valence electrons. The minimum atomic E-state index is -0.766. The van der Waals surface area contributed by atoms with Crippen molar-refractivity contribution in [2.75, 3.05) is 0 Å². The fourth-order valence-corrected chi connectivity index (χ4v) is 2.17. The Morgan fingerprint density at radius 1 is 0.600 bits per heavy atom. The summed E-state index contributed by atoms with van der Waals surface area (Å²) in [7, 11) is 0. The van der Waals surface area contributed by atoms with Crippen molar-refractivity contribution in [2.24, 2.45) is 0 Å². The Bertz CT molecular complexity index is 817. The number of phenolic OH excluding ortho intramolecular Hbond substituents is 1. The van der Waals surface area contributed by atoms with Crippen LogP contribution in [-0.2, 0) is 0 Å². The lowest BCUT2D eigenvalue weighted by Crippen LogP contribution is -2.13. The van der Waals surface area contributed by atoms with E-state index in [1.165, 1.54) is 18.2 Å². The van der Waals surface area contributed by atoms with Crippen LogP contribution in [0.15, 0.2) is 78.9 Å². The Balaban J connectivity index is 1.82. The van der Waals surface area contributed by atoms with E-state index in [-0.39, 0.29) is 11.1 Å². The molecule has 0 aliphatic heterocycles. The summed E-state index contributed by atoms with van der Waals surface area (Å²) in [5.74, 6) is -1.34. The third-order valence-corrected chi connectivity index (χ3v) is 3.38. The van der Waals surface area contributed by atoms with E-state index in [2.05, 4.69) is 0 Å². The average molecular weight is 334 g/mol. The second-order valence-corrected chi connectivity index (χ2v) is 5.11. The molecule has 0 fully saturated rings. The maximum absolute atomic E-state index is 12.2. The van der Waals surface area contributed by atoms with Crippen molar-refractivity contribution in [2.45, 2.75) is 0 Å². The number of benzene rings is 3. The first-order chi connectivity index (χ1) is 12.1. The molecule has 0 bridgehead atoms. The molecule has 0 radical (unpaired) electrons. The summed E-state index contributed by atoms with van der Waals surface area (Å²) in [6.45, 7) is 0. The van der Waals surface area contributed by atoms with Crippen LogP contribution < -0.4 is 9.47 Å². The normalized spacial score (nSPS) is 10.1. The van der Waals surface area contributed by atoms with Gasteiger partial charge in [-0.2, -0.15) is 0 Å². The smallest absolute Gasteiger partial charge is 0.347 e. The number of hydrogen-bond donors (Lipinski definition) is 1. The minimum absolute atomic E-state index is 0.119. The zero-order valence-corrected chi connectivity index (χ0v) is 13.1. The highest BCUT2D eigenvalue weighted by molar-refractivity contribution is 6.01. The van der Waals surface area contributed by atoms with Gasteiger partial charge in [0, 0.05) is 0 Å². The highest BCUT2D eigenvalue weighted by atomic mass is 16.5. The molecule has 0 aromatic heterocycles. The first-order valence-electron chi connectivity index (χ1n) is 7.51. The summed E-state index contributed by atoms with van der Waals surface area (Å²) < 4.78 is 10.4. The van der Waals surface area contributed by atoms with E-state index in [4.69, 9.17) is 9.47 Å². The third kappa shape index (κ3) is 3.84. The zero-order valence-electron chi connectivity index (χ0n) is 13.1. The fourth-order valence-electron chi connectivity index (χ4n) is 2.17. The summed E-state index contributed by atoms with van der Waals surface area (Å²) in [5, 5.41) is 10.3.